The summed E-state index contributed by atoms with van der Waals surface area (Å²) in [5.74, 6) is -1.22. The summed E-state index contributed by atoms with van der Waals surface area (Å²) in [4.78, 5) is 23.0. The van der Waals surface area contributed by atoms with E-state index in [9.17, 15) is 9.59 Å². The van der Waals surface area contributed by atoms with Crippen molar-refractivity contribution in [3.63, 3.8) is 0 Å². The van der Waals surface area contributed by atoms with E-state index in [-0.39, 0.29) is 44.2 Å². The van der Waals surface area contributed by atoms with Crippen LogP contribution in [0.4, 0.5) is 0 Å². The Morgan fingerprint density at radius 2 is 1.83 bits per heavy atom. The minimum atomic E-state index is -0.673. The molecule has 0 heterocycles. The summed E-state index contributed by atoms with van der Waals surface area (Å²) in [7, 11) is 0. The summed E-state index contributed by atoms with van der Waals surface area (Å²) in [6.45, 7) is 3.75. The van der Waals surface area contributed by atoms with Crippen molar-refractivity contribution in [2.24, 2.45) is 5.73 Å². The minimum Gasteiger partial charge on any atom is -0.466 e. The molecule has 0 aliphatic carbocycles. The largest absolute Gasteiger partial charge is 0.466 e. The van der Waals surface area contributed by atoms with E-state index in [2.05, 4.69) is 5.32 Å². The minimum absolute atomic E-state index is 0.00347. The molecule has 7 heteroatoms. The molecule has 0 spiro atoms. The summed E-state index contributed by atoms with van der Waals surface area (Å²) in [6.07, 6.45) is -0.267. The summed E-state index contributed by atoms with van der Waals surface area (Å²) in [5, 5.41) is 11.3. The second-order valence-electron chi connectivity index (χ2n) is 3.24. The van der Waals surface area contributed by atoms with Gasteiger partial charge in [-0.3, -0.25) is 4.79 Å². The van der Waals surface area contributed by atoms with Gasteiger partial charge in [-0.05, 0) is 13.8 Å². The van der Waals surface area contributed by atoms with Gasteiger partial charge in [0.25, 0.3) is 0 Å². The van der Waals surface area contributed by atoms with E-state index in [1.807, 2.05) is 0 Å². The molecule has 0 aromatic carbocycles. The number of hydrogen-bond donors (Lipinski definition) is 3. The van der Waals surface area contributed by atoms with Crippen LogP contribution in [0.15, 0.2) is 11.4 Å². The number of carbonyl (C=O) groups excluding carboxylic acids is 2. The number of ether oxygens (including phenoxy) is 2. The zero-order valence-corrected chi connectivity index (χ0v) is 10.7. The Hall–Kier alpha value is -1.76. The maximum absolute atomic E-state index is 11.6. The molecule has 104 valence electrons. The highest BCUT2D eigenvalue weighted by Crippen LogP contribution is 2.08. The van der Waals surface area contributed by atoms with Crippen molar-refractivity contribution in [3.05, 3.63) is 11.4 Å². The van der Waals surface area contributed by atoms with Crippen LogP contribution >= 0.6 is 0 Å². The monoisotopic (exact) mass is 260 g/mol. The van der Waals surface area contributed by atoms with Gasteiger partial charge in [0.2, 0.25) is 0 Å². The highest BCUT2D eigenvalue weighted by molar-refractivity contribution is 5.94. The molecule has 18 heavy (non-hydrogen) atoms. The van der Waals surface area contributed by atoms with Crippen LogP contribution in [0, 0.1) is 0 Å². The fourth-order valence-electron chi connectivity index (χ4n) is 1.15. The fourth-order valence-corrected chi connectivity index (χ4v) is 1.15. The third-order valence-corrected chi connectivity index (χ3v) is 1.90. The molecule has 0 atom stereocenters. The molecule has 0 aromatic rings. The van der Waals surface area contributed by atoms with E-state index < -0.39 is 11.9 Å². The molecule has 0 aliphatic heterocycles. The summed E-state index contributed by atoms with van der Waals surface area (Å²) >= 11 is 0. The maximum Gasteiger partial charge on any atom is 0.338 e. The maximum atomic E-state index is 11.6. The first-order valence-electron chi connectivity index (χ1n) is 5.72. The fraction of sp³-hybridized carbons (Fsp3) is 0.636. The first-order valence-corrected chi connectivity index (χ1v) is 5.72. The molecule has 7 nitrogen and oxygen atoms in total. The molecule has 4 N–H and O–H groups in total. The van der Waals surface area contributed by atoms with Crippen molar-refractivity contribution in [3.8, 4) is 0 Å². The lowest BCUT2D eigenvalue weighted by Crippen LogP contribution is -2.29. The average molecular weight is 260 g/mol. The summed E-state index contributed by atoms with van der Waals surface area (Å²) in [6, 6.07) is 0. The van der Waals surface area contributed by atoms with Gasteiger partial charge < -0.3 is 25.6 Å². The van der Waals surface area contributed by atoms with Gasteiger partial charge in [0.15, 0.2) is 0 Å². The predicted molar refractivity (Wildman–Crippen MR) is 64.2 cm³/mol. The quantitative estimate of drug-likeness (QED) is 0.389. The first-order chi connectivity index (χ1) is 8.56. The lowest BCUT2D eigenvalue weighted by molar-refractivity contribution is -0.145. The third kappa shape index (κ3) is 6.09. The highest BCUT2D eigenvalue weighted by Gasteiger charge is 2.19. The third-order valence-electron chi connectivity index (χ3n) is 1.90. The van der Waals surface area contributed by atoms with Crippen LogP contribution in [0.25, 0.3) is 0 Å². The summed E-state index contributed by atoms with van der Waals surface area (Å²) < 4.78 is 9.54. The van der Waals surface area contributed by atoms with E-state index in [1.165, 1.54) is 0 Å². The molecule has 0 aromatic heterocycles. The Morgan fingerprint density at radius 1 is 1.22 bits per heavy atom. The second-order valence-corrected chi connectivity index (χ2v) is 3.24. The number of nitrogens with one attached hydrogen (secondary N) is 1. The average Bonchev–Trinajstić information content (AvgIpc) is 2.33. The molecule has 0 saturated carbocycles. The van der Waals surface area contributed by atoms with Crippen molar-refractivity contribution < 1.29 is 24.2 Å². The topological polar surface area (TPSA) is 111 Å². The Kier molecular flexibility index (Phi) is 8.38. The smallest absolute Gasteiger partial charge is 0.338 e. The van der Waals surface area contributed by atoms with E-state index >= 15 is 0 Å². The molecule has 0 fully saturated rings. The van der Waals surface area contributed by atoms with Crippen LogP contribution < -0.4 is 11.1 Å². The molecular weight excluding hydrogens is 240 g/mol. The van der Waals surface area contributed by atoms with Crippen LogP contribution in [0.3, 0.4) is 0 Å². The molecule has 0 bridgehead atoms. The van der Waals surface area contributed by atoms with Gasteiger partial charge >= 0.3 is 11.9 Å². The number of aliphatic hydroxyl groups excluding tert-OH is 1. The van der Waals surface area contributed by atoms with Crippen molar-refractivity contribution in [1.29, 1.82) is 0 Å². The molecule has 0 amide bonds. The Bertz CT molecular complexity index is 315. The van der Waals surface area contributed by atoms with Gasteiger partial charge in [-0.15, -0.1) is 0 Å². The molecule has 0 aliphatic rings. The highest BCUT2D eigenvalue weighted by atomic mass is 16.5. The van der Waals surface area contributed by atoms with Gasteiger partial charge in [0.1, 0.15) is 5.82 Å². The van der Waals surface area contributed by atoms with E-state index in [0.717, 1.165) is 0 Å². The number of nitrogens with two attached hydrogens (primary N) is 1. The van der Waals surface area contributed by atoms with Crippen molar-refractivity contribution in [2.45, 2.75) is 20.3 Å². The normalized spacial score (nSPS) is 11.5. The van der Waals surface area contributed by atoms with Gasteiger partial charge in [-0.1, -0.05) is 0 Å². The molecule has 0 rings (SSSR count). The van der Waals surface area contributed by atoms with Crippen LogP contribution in [0.1, 0.15) is 20.3 Å². The zero-order valence-electron chi connectivity index (χ0n) is 10.7. The van der Waals surface area contributed by atoms with Gasteiger partial charge in [0, 0.05) is 6.54 Å². The number of rotatable bonds is 8. The standard InChI is InChI=1S/C11H20N2O5/c1-3-17-9(15)7-8(11(16)18-4-2)10(12)13-5-6-14/h13-14H,3-7,12H2,1-2H3. The van der Waals surface area contributed by atoms with Crippen molar-refractivity contribution in [1.82, 2.24) is 5.32 Å². The molecule has 0 radical (unpaired) electrons. The second kappa shape index (κ2) is 9.29. The summed E-state index contributed by atoms with van der Waals surface area (Å²) in [5.41, 5.74) is 5.63. The lowest BCUT2D eigenvalue weighted by Gasteiger charge is -2.12. The van der Waals surface area contributed by atoms with Crippen LogP contribution in [-0.2, 0) is 19.1 Å². The predicted octanol–water partition coefficient (Wildman–Crippen LogP) is -0.745. The van der Waals surface area contributed by atoms with Crippen LogP contribution in [0.2, 0.25) is 0 Å². The first kappa shape index (κ1) is 16.2. The number of hydrogen-bond acceptors (Lipinski definition) is 7. The van der Waals surface area contributed by atoms with E-state index in [4.69, 9.17) is 20.3 Å². The molecule has 0 saturated heterocycles. The Balaban J connectivity index is 4.80. The van der Waals surface area contributed by atoms with Gasteiger partial charge in [0.05, 0.1) is 31.8 Å². The zero-order chi connectivity index (χ0) is 14.0. The Morgan fingerprint density at radius 3 is 2.33 bits per heavy atom. The number of esters is 2. The number of carbonyl (C=O) groups is 2. The van der Waals surface area contributed by atoms with Gasteiger partial charge in [-0.25, -0.2) is 4.79 Å². The van der Waals surface area contributed by atoms with E-state index in [1.54, 1.807) is 13.8 Å². The van der Waals surface area contributed by atoms with Crippen LogP contribution in [0.5, 0.6) is 0 Å². The number of aliphatic hydroxyl groups is 1. The lowest BCUT2D eigenvalue weighted by atomic mass is 10.2. The Labute approximate surface area is 106 Å². The van der Waals surface area contributed by atoms with Crippen molar-refractivity contribution >= 4 is 11.9 Å². The molecule has 0 unspecified atom stereocenters. The van der Waals surface area contributed by atoms with Crippen LogP contribution in [-0.4, -0.2) is 43.4 Å². The van der Waals surface area contributed by atoms with E-state index in [0.29, 0.717) is 0 Å². The SMILES string of the molecule is CCOC(=O)CC(C(=O)OCC)=C(N)NCCO. The van der Waals surface area contributed by atoms with Crippen molar-refractivity contribution in [2.75, 3.05) is 26.4 Å². The van der Waals surface area contributed by atoms with Gasteiger partial charge in [-0.2, -0.15) is 0 Å². The molecular formula is C11H20N2O5.